The number of unbranched alkanes of at least 4 members (excludes halogenated alkanes) is 1. The first-order valence-electron chi connectivity index (χ1n) is 5.96. The van der Waals surface area contributed by atoms with Crippen LogP contribution in [0.4, 0.5) is 0 Å². The molecule has 16 heavy (non-hydrogen) atoms. The number of hydrogen-bond donors (Lipinski definition) is 2. The Labute approximate surface area is 96.4 Å². The third kappa shape index (κ3) is 3.81. The van der Waals surface area contributed by atoms with E-state index in [-0.39, 0.29) is 11.8 Å². The number of nitrogens with two attached hydrogens (primary N) is 1. The Morgan fingerprint density at radius 2 is 2.31 bits per heavy atom. The molecule has 0 spiro atoms. The number of carbonyl (C=O) groups is 2. The van der Waals surface area contributed by atoms with Crippen molar-refractivity contribution in [3.05, 3.63) is 0 Å². The summed E-state index contributed by atoms with van der Waals surface area (Å²) in [5.41, 5.74) is 5.82. The molecule has 0 radical (unpaired) electrons. The smallest absolute Gasteiger partial charge is 0.239 e. The Morgan fingerprint density at radius 3 is 3.00 bits per heavy atom. The molecular formula is C11H21N3O2. The van der Waals surface area contributed by atoms with Crippen molar-refractivity contribution in [2.75, 3.05) is 19.6 Å². The van der Waals surface area contributed by atoms with E-state index in [4.69, 9.17) is 5.73 Å². The van der Waals surface area contributed by atoms with E-state index >= 15 is 0 Å². The fraction of sp³-hybridized carbons (Fsp3) is 0.818. The highest BCUT2D eigenvalue weighted by atomic mass is 16.2. The van der Waals surface area contributed by atoms with Crippen molar-refractivity contribution in [1.29, 1.82) is 0 Å². The molecule has 1 fully saturated rings. The van der Waals surface area contributed by atoms with Crippen molar-refractivity contribution in [3.8, 4) is 0 Å². The van der Waals surface area contributed by atoms with Crippen LogP contribution in [0.1, 0.15) is 32.6 Å². The van der Waals surface area contributed by atoms with Gasteiger partial charge >= 0.3 is 0 Å². The molecule has 1 rings (SSSR count). The normalized spacial score (nSPS) is 18.9. The van der Waals surface area contributed by atoms with Gasteiger partial charge in [0.25, 0.3) is 0 Å². The molecule has 0 aromatic rings. The summed E-state index contributed by atoms with van der Waals surface area (Å²) in [5, 5.41) is 2.74. The molecule has 3 N–H and O–H groups in total. The van der Waals surface area contributed by atoms with Crippen LogP contribution in [0.25, 0.3) is 0 Å². The van der Waals surface area contributed by atoms with E-state index < -0.39 is 6.04 Å². The van der Waals surface area contributed by atoms with Gasteiger partial charge < -0.3 is 16.0 Å². The molecule has 0 saturated carbocycles. The van der Waals surface area contributed by atoms with Crippen molar-refractivity contribution in [3.63, 3.8) is 0 Å². The zero-order valence-corrected chi connectivity index (χ0v) is 9.87. The highest BCUT2D eigenvalue weighted by molar-refractivity contribution is 5.83. The van der Waals surface area contributed by atoms with Gasteiger partial charge in [-0.3, -0.25) is 9.59 Å². The maximum atomic E-state index is 11.9. The molecule has 1 atom stereocenters. The predicted molar refractivity (Wildman–Crippen MR) is 61.7 cm³/mol. The van der Waals surface area contributed by atoms with Gasteiger partial charge in [-0.1, -0.05) is 19.8 Å². The monoisotopic (exact) mass is 227 g/mol. The van der Waals surface area contributed by atoms with Gasteiger partial charge in [0, 0.05) is 26.1 Å². The van der Waals surface area contributed by atoms with Gasteiger partial charge in [0.15, 0.2) is 0 Å². The Morgan fingerprint density at radius 1 is 1.56 bits per heavy atom. The van der Waals surface area contributed by atoms with Gasteiger partial charge in [-0.25, -0.2) is 0 Å². The molecule has 0 aliphatic carbocycles. The van der Waals surface area contributed by atoms with Gasteiger partial charge in [0.05, 0.1) is 6.04 Å². The summed E-state index contributed by atoms with van der Waals surface area (Å²) in [6.45, 7) is 3.67. The summed E-state index contributed by atoms with van der Waals surface area (Å²) in [6.07, 6.45) is 3.12. The Bertz CT molecular complexity index is 256. The summed E-state index contributed by atoms with van der Waals surface area (Å²) in [5.74, 6) is -0.0117. The summed E-state index contributed by atoms with van der Waals surface area (Å²) < 4.78 is 0. The van der Waals surface area contributed by atoms with Crippen LogP contribution in [0.15, 0.2) is 0 Å². The number of nitrogens with one attached hydrogen (secondary N) is 1. The number of hydrogen-bond acceptors (Lipinski definition) is 3. The maximum absolute atomic E-state index is 11.9. The van der Waals surface area contributed by atoms with Gasteiger partial charge in [0.1, 0.15) is 0 Å². The lowest BCUT2D eigenvalue weighted by Gasteiger charge is -2.23. The fourth-order valence-electron chi connectivity index (χ4n) is 1.77. The second-order valence-electron chi connectivity index (χ2n) is 4.17. The minimum atomic E-state index is -0.409. The number of nitrogens with zero attached hydrogens (tertiary/aromatic N) is 1. The average Bonchev–Trinajstić information content (AvgIpc) is 2.50. The first-order valence-corrected chi connectivity index (χ1v) is 5.96. The largest absolute Gasteiger partial charge is 0.354 e. The number of carbonyl (C=O) groups excluding carboxylic acids is 2. The van der Waals surface area contributed by atoms with Gasteiger partial charge in [-0.05, 0) is 6.42 Å². The molecule has 92 valence electrons. The van der Waals surface area contributed by atoms with E-state index in [1.165, 1.54) is 0 Å². The van der Waals surface area contributed by atoms with E-state index in [1.807, 2.05) is 0 Å². The molecule has 5 heteroatoms. The van der Waals surface area contributed by atoms with Crippen LogP contribution in [0.5, 0.6) is 0 Å². The summed E-state index contributed by atoms with van der Waals surface area (Å²) in [6, 6.07) is -0.409. The molecule has 1 heterocycles. The first kappa shape index (κ1) is 13.0. The minimum absolute atomic E-state index is 0.0115. The van der Waals surface area contributed by atoms with Gasteiger partial charge in [0.2, 0.25) is 11.8 Å². The van der Waals surface area contributed by atoms with E-state index in [0.29, 0.717) is 26.1 Å². The van der Waals surface area contributed by atoms with E-state index in [1.54, 1.807) is 4.90 Å². The van der Waals surface area contributed by atoms with Crippen LogP contribution in [0, 0.1) is 0 Å². The van der Waals surface area contributed by atoms with Gasteiger partial charge in [-0.15, -0.1) is 0 Å². The predicted octanol–water partition coefficient (Wildman–Crippen LogP) is -0.148. The standard InChI is InChI=1S/C11H21N3O2/c1-2-3-4-9(12)11(16)14-7-5-10(15)13-6-8-14/h9H,2-8,12H2,1H3,(H,13,15)/t9-/m0/s1. The van der Waals surface area contributed by atoms with Crippen LogP contribution >= 0.6 is 0 Å². The molecule has 5 nitrogen and oxygen atoms in total. The van der Waals surface area contributed by atoms with Crippen LogP contribution < -0.4 is 11.1 Å². The number of rotatable bonds is 4. The molecule has 2 amide bonds. The summed E-state index contributed by atoms with van der Waals surface area (Å²) in [4.78, 5) is 24.7. The van der Waals surface area contributed by atoms with Crippen LogP contribution in [-0.2, 0) is 9.59 Å². The van der Waals surface area contributed by atoms with Crippen LogP contribution in [0.2, 0.25) is 0 Å². The van der Waals surface area contributed by atoms with Crippen LogP contribution in [0.3, 0.4) is 0 Å². The van der Waals surface area contributed by atoms with E-state index in [2.05, 4.69) is 12.2 Å². The molecule has 1 saturated heterocycles. The lowest BCUT2D eigenvalue weighted by atomic mass is 10.1. The highest BCUT2D eigenvalue weighted by Gasteiger charge is 2.22. The average molecular weight is 227 g/mol. The zero-order valence-electron chi connectivity index (χ0n) is 9.87. The Hall–Kier alpha value is -1.10. The van der Waals surface area contributed by atoms with Crippen LogP contribution in [-0.4, -0.2) is 42.4 Å². The highest BCUT2D eigenvalue weighted by Crippen LogP contribution is 2.04. The van der Waals surface area contributed by atoms with Crippen molar-refractivity contribution >= 4 is 11.8 Å². The molecule has 1 aliphatic heterocycles. The fourth-order valence-corrected chi connectivity index (χ4v) is 1.77. The Balaban J connectivity index is 2.42. The molecule has 0 unspecified atom stereocenters. The van der Waals surface area contributed by atoms with E-state index in [0.717, 1.165) is 19.3 Å². The quantitative estimate of drug-likeness (QED) is 0.701. The van der Waals surface area contributed by atoms with E-state index in [9.17, 15) is 9.59 Å². The third-order valence-electron chi connectivity index (χ3n) is 2.81. The second kappa shape index (κ2) is 6.48. The summed E-state index contributed by atoms with van der Waals surface area (Å²) >= 11 is 0. The topological polar surface area (TPSA) is 75.4 Å². The van der Waals surface area contributed by atoms with Crippen molar-refractivity contribution in [2.45, 2.75) is 38.6 Å². The molecular weight excluding hydrogens is 206 g/mol. The Kier molecular flexibility index (Phi) is 5.25. The van der Waals surface area contributed by atoms with Gasteiger partial charge in [-0.2, -0.15) is 0 Å². The lowest BCUT2D eigenvalue weighted by molar-refractivity contribution is -0.132. The minimum Gasteiger partial charge on any atom is -0.354 e. The van der Waals surface area contributed by atoms with Crippen molar-refractivity contribution < 1.29 is 9.59 Å². The second-order valence-corrected chi connectivity index (χ2v) is 4.17. The molecule has 0 aromatic heterocycles. The lowest BCUT2D eigenvalue weighted by Crippen LogP contribution is -2.45. The third-order valence-corrected chi connectivity index (χ3v) is 2.81. The maximum Gasteiger partial charge on any atom is 0.239 e. The molecule has 1 aliphatic rings. The van der Waals surface area contributed by atoms with Crippen molar-refractivity contribution in [2.24, 2.45) is 5.73 Å². The number of amides is 2. The zero-order chi connectivity index (χ0) is 12.0. The first-order chi connectivity index (χ1) is 7.65. The molecule has 0 aromatic carbocycles. The summed E-state index contributed by atoms with van der Waals surface area (Å²) in [7, 11) is 0. The molecule has 0 bridgehead atoms. The SMILES string of the molecule is CCCC[C@H](N)C(=O)N1CCNC(=O)CC1. The van der Waals surface area contributed by atoms with Crippen molar-refractivity contribution in [1.82, 2.24) is 10.2 Å².